The molecule has 0 amide bonds. The molecule has 3 aromatic rings. The lowest BCUT2D eigenvalue weighted by Gasteiger charge is -2.10. The number of thioether (sulfide) groups is 1. The first-order valence-corrected chi connectivity index (χ1v) is 9.83. The highest BCUT2D eigenvalue weighted by Gasteiger charge is 2.07. The van der Waals surface area contributed by atoms with Gasteiger partial charge >= 0.3 is 0 Å². The molecule has 126 valence electrons. The maximum atomic E-state index is 5.92. The van der Waals surface area contributed by atoms with Gasteiger partial charge in [-0.15, -0.1) is 11.3 Å². The quantitative estimate of drug-likeness (QED) is 0.529. The van der Waals surface area contributed by atoms with E-state index in [2.05, 4.69) is 23.1 Å². The van der Waals surface area contributed by atoms with Crippen molar-refractivity contribution in [3.63, 3.8) is 0 Å². The molecule has 3 rings (SSSR count). The van der Waals surface area contributed by atoms with Crippen LogP contribution in [0.1, 0.15) is 5.56 Å². The number of thiazole rings is 1. The summed E-state index contributed by atoms with van der Waals surface area (Å²) in [5.74, 6) is 1.77. The van der Waals surface area contributed by atoms with Crippen LogP contribution in [0, 0.1) is 0 Å². The van der Waals surface area contributed by atoms with Crippen molar-refractivity contribution in [2.24, 2.45) is 0 Å². The van der Waals surface area contributed by atoms with Crippen molar-refractivity contribution in [3.05, 3.63) is 53.1 Å². The average Bonchev–Trinajstić information content (AvgIpc) is 2.96. The van der Waals surface area contributed by atoms with E-state index in [0.29, 0.717) is 6.61 Å². The van der Waals surface area contributed by atoms with E-state index in [1.807, 2.05) is 38.4 Å². The maximum absolute atomic E-state index is 5.92. The lowest BCUT2D eigenvalue weighted by Crippen LogP contribution is -2.19. The molecule has 0 fully saturated rings. The summed E-state index contributed by atoms with van der Waals surface area (Å²) in [4.78, 5) is 6.82. The van der Waals surface area contributed by atoms with Crippen LogP contribution < -0.4 is 4.74 Å². The molecule has 0 aliphatic heterocycles. The van der Waals surface area contributed by atoms with Crippen molar-refractivity contribution in [1.29, 1.82) is 0 Å². The van der Waals surface area contributed by atoms with E-state index in [-0.39, 0.29) is 0 Å². The number of rotatable bonds is 7. The fourth-order valence-electron chi connectivity index (χ4n) is 2.11. The van der Waals surface area contributed by atoms with Crippen molar-refractivity contribution in [2.45, 2.75) is 10.1 Å². The summed E-state index contributed by atoms with van der Waals surface area (Å²) in [5, 5.41) is 0.769. The molecule has 0 unspecified atom stereocenters. The summed E-state index contributed by atoms with van der Waals surface area (Å²) < 4.78 is 8.04. The molecule has 0 atom stereocenters. The van der Waals surface area contributed by atoms with Gasteiger partial charge in [-0.3, -0.25) is 0 Å². The number of halogens is 1. The number of likely N-dealkylation sites (N-methyl/N-ethyl adjacent to an activating group) is 1. The normalized spacial score (nSPS) is 11.3. The van der Waals surface area contributed by atoms with Gasteiger partial charge in [0.1, 0.15) is 12.4 Å². The first-order chi connectivity index (χ1) is 11.6. The molecule has 3 nitrogen and oxygen atoms in total. The lowest BCUT2D eigenvalue weighted by molar-refractivity contribution is 0.261. The Morgan fingerprint density at radius 2 is 1.96 bits per heavy atom. The van der Waals surface area contributed by atoms with Crippen LogP contribution in [0.2, 0.25) is 5.02 Å². The third-order valence-corrected chi connectivity index (χ3v) is 5.92. The van der Waals surface area contributed by atoms with Gasteiger partial charge in [-0.2, -0.15) is 0 Å². The molecule has 0 radical (unpaired) electrons. The van der Waals surface area contributed by atoms with Gasteiger partial charge in [0.2, 0.25) is 0 Å². The molecular formula is C18H19ClN2OS2. The average molecular weight is 379 g/mol. The van der Waals surface area contributed by atoms with Crippen LogP contribution in [0.5, 0.6) is 5.75 Å². The highest BCUT2D eigenvalue weighted by Crippen LogP contribution is 2.33. The Hall–Kier alpha value is -1.27. The molecule has 6 heteroatoms. The Morgan fingerprint density at radius 3 is 2.71 bits per heavy atom. The fraction of sp³-hybridized carbons (Fsp3) is 0.278. The predicted molar refractivity (Wildman–Crippen MR) is 105 cm³/mol. The number of ether oxygens (including phenoxy) is 1. The van der Waals surface area contributed by atoms with Gasteiger partial charge in [0.05, 0.1) is 10.2 Å². The van der Waals surface area contributed by atoms with Gasteiger partial charge in [-0.1, -0.05) is 35.5 Å². The predicted octanol–water partition coefficient (Wildman–Crippen LogP) is 5.18. The molecule has 0 bridgehead atoms. The first kappa shape index (κ1) is 17.5. The minimum absolute atomic E-state index is 0.681. The number of aromatic nitrogens is 1. The molecule has 0 spiro atoms. The van der Waals surface area contributed by atoms with Crippen molar-refractivity contribution < 1.29 is 4.74 Å². The molecule has 0 aliphatic carbocycles. The number of benzene rings is 2. The van der Waals surface area contributed by atoms with Gasteiger partial charge in [0.15, 0.2) is 4.34 Å². The highest BCUT2D eigenvalue weighted by atomic mass is 35.5. The highest BCUT2D eigenvalue weighted by molar-refractivity contribution is 8.00. The summed E-state index contributed by atoms with van der Waals surface area (Å²) in [5.41, 5.74) is 2.25. The second-order valence-electron chi connectivity index (χ2n) is 5.68. The second kappa shape index (κ2) is 8.21. The Bertz CT molecular complexity index is 802. The van der Waals surface area contributed by atoms with E-state index in [4.69, 9.17) is 21.3 Å². The largest absolute Gasteiger partial charge is 0.492 e. The lowest BCUT2D eigenvalue weighted by atomic mass is 10.2. The Balaban J connectivity index is 1.63. The Morgan fingerprint density at radius 1 is 1.17 bits per heavy atom. The zero-order valence-electron chi connectivity index (χ0n) is 13.7. The molecule has 0 aliphatic rings. The standard InChI is InChI=1S/C18H19ClN2OS2/c1-21(2)9-10-22-15-7-8-17-16(11-15)20-18(24-17)23-12-13-3-5-14(19)6-4-13/h3-8,11H,9-10,12H2,1-2H3. The summed E-state index contributed by atoms with van der Waals surface area (Å²) >= 11 is 9.39. The number of hydrogen-bond donors (Lipinski definition) is 0. The molecule has 2 aromatic carbocycles. The number of hydrogen-bond acceptors (Lipinski definition) is 5. The van der Waals surface area contributed by atoms with Crippen LogP contribution in [0.3, 0.4) is 0 Å². The van der Waals surface area contributed by atoms with Crippen molar-refractivity contribution >= 4 is 44.9 Å². The number of fused-ring (bicyclic) bond motifs is 1. The van der Waals surface area contributed by atoms with E-state index in [1.165, 1.54) is 10.3 Å². The molecule has 1 aromatic heterocycles. The van der Waals surface area contributed by atoms with Gasteiger partial charge in [0, 0.05) is 23.4 Å². The van der Waals surface area contributed by atoms with Crippen LogP contribution in [-0.2, 0) is 5.75 Å². The first-order valence-electron chi connectivity index (χ1n) is 7.65. The molecule has 0 saturated carbocycles. The van der Waals surface area contributed by atoms with Crippen LogP contribution in [0.4, 0.5) is 0 Å². The minimum atomic E-state index is 0.681. The van der Waals surface area contributed by atoms with Crippen LogP contribution in [0.25, 0.3) is 10.2 Å². The zero-order valence-corrected chi connectivity index (χ0v) is 16.0. The third kappa shape index (κ3) is 4.86. The fourth-order valence-corrected chi connectivity index (χ4v) is 4.24. The molecule has 0 saturated heterocycles. The van der Waals surface area contributed by atoms with Gasteiger partial charge in [-0.25, -0.2) is 4.98 Å². The van der Waals surface area contributed by atoms with Crippen LogP contribution in [0.15, 0.2) is 46.8 Å². The maximum Gasteiger partial charge on any atom is 0.151 e. The van der Waals surface area contributed by atoms with E-state index >= 15 is 0 Å². The smallest absolute Gasteiger partial charge is 0.151 e. The summed E-state index contributed by atoms with van der Waals surface area (Å²) in [6.07, 6.45) is 0. The van der Waals surface area contributed by atoms with Crippen molar-refractivity contribution in [3.8, 4) is 5.75 Å². The van der Waals surface area contributed by atoms with Gasteiger partial charge in [-0.05, 0) is 43.9 Å². The molecule has 0 N–H and O–H groups in total. The number of nitrogens with zero attached hydrogens (tertiary/aromatic N) is 2. The molecular weight excluding hydrogens is 360 g/mol. The third-order valence-electron chi connectivity index (χ3n) is 3.42. The van der Waals surface area contributed by atoms with Crippen molar-refractivity contribution in [2.75, 3.05) is 27.2 Å². The summed E-state index contributed by atoms with van der Waals surface area (Å²) in [6.45, 7) is 1.58. The monoisotopic (exact) mass is 378 g/mol. The van der Waals surface area contributed by atoms with Crippen molar-refractivity contribution in [1.82, 2.24) is 9.88 Å². The van der Waals surface area contributed by atoms with Gasteiger partial charge in [0.25, 0.3) is 0 Å². The van der Waals surface area contributed by atoms with E-state index < -0.39 is 0 Å². The van der Waals surface area contributed by atoms with E-state index in [1.54, 1.807) is 23.1 Å². The van der Waals surface area contributed by atoms with E-state index in [9.17, 15) is 0 Å². The SMILES string of the molecule is CN(C)CCOc1ccc2sc(SCc3ccc(Cl)cc3)nc2c1. The van der Waals surface area contributed by atoms with Crippen LogP contribution >= 0.6 is 34.7 Å². The Kier molecular flexibility index (Phi) is 6.00. The molecule has 1 heterocycles. The summed E-state index contributed by atoms with van der Waals surface area (Å²) in [7, 11) is 4.08. The topological polar surface area (TPSA) is 25.4 Å². The Labute approximate surface area is 155 Å². The second-order valence-corrected chi connectivity index (χ2v) is 8.37. The minimum Gasteiger partial charge on any atom is -0.492 e. The van der Waals surface area contributed by atoms with Gasteiger partial charge < -0.3 is 9.64 Å². The molecule has 24 heavy (non-hydrogen) atoms. The van der Waals surface area contributed by atoms with Crippen LogP contribution in [-0.4, -0.2) is 37.1 Å². The van der Waals surface area contributed by atoms with E-state index in [0.717, 1.165) is 32.9 Å². The zero-order chi connectivity index (χ0) is 16.9. The summed E-state index contributed by atoms with van der Waals surface area (Å²) in [6, 6.07) is 14.1.